The van der Waals surface area contributed by atoms with Crippen LogP contribution in [0.3, 0.4) is 0 Å². The van der Waals surface area contributed by atoms with Crippen molar-refractivity contribution in [3.8, 4) is 17.2 Å². The molecular weight excluding hydrogens is 236 g/mol. The van der Waals surface area contributed by atoms with Crippen LogP contribution >= 0.6 is 11.6 Å². The lowest BCUT2D eigenvalue weighted by Gasteiger charge is -2.08. The predicted molar refractivity (Wildman–Crippen MR) is 69.0 cm³/mol. The van der Waals surface area contributed by atoms with Crippen LogP contribution in [0.5, 0.6) is 17.2 Å². The second-order valence-electron chi connectivity index (χ2n) is 3.54. The van der Waals surface area contributed by atoms with Crippen LogP contribution < -0.4 is 9.47 Å². The van der Waals surface area contributed by atoms with Gasteiger partial charge >= 0.3 is 0 Å². The van der Waals surface area contributed by atoms with E-state index in [1.54, 1.807) is 19.2 Å². The predicted octanol–water partition coefficient (Wildman–Crippen LogP) is 4.32. The molecule has 0 saturated heterocycles. The van der Waals surface area contributed by atoms with Crippen LogP contribution in [0, 0.1) is 6.92 Å². The van der Waals surface area contributed by atoms with Gasteiger partial charge in [-0.3, -0.25) is 0 Å². The molecule has 3 heteroatoms. The Morgan fingerprint density at radius 2 is 1.65 bits per heavy atom. The lowest BCUT2D eigenvalue weighted by atomic mass is 10.2. The third-order valence-electron chi connectivity index (χ3n) is 2.28. The van der Waals surface area contributed by atoms with Crippen LogP contribution in [0.1, 0.15) is 5.56 Å². The fraction of sp³-hybridized carbons (Fsp3) is 0.0714. The minimum Gasteiger partial charge on any atom is -0.495 e. The van der Waals surface area contributed by atoms with Gasteiger partial charge in [-0.1, -0.05) is 23.7 Å². The molecule has 0 heterocycles. The van der Waals surface area contributed by atoms with Crippen LogP contribution in [-0.4, -0.2) is 7.11 Å². The Morgan fingerprint density at radius 3 is 2.24 bits per heavy atom. The van der Waals surface area contributed by atoms with Crippen LogP contribution in [-0.2, 0) is 0 Å². The highest BCUT2D eigenvalue weighted by Gasteiger charge is 2.03. The van der Waals surface area contributed by atoms with E-state index in [0.29, 0.717) is 16.5 Å². The highest BCUT2D eigenvalue weighted by Crippen LogP contribution is 2.30. The van der Waals surface area contributed by atoms with E-state index in [0.717, 1.165) is 11.3 Å². The van der Waals surface area contributed by atoms with Crippen molar-refractivity contribution in [2.24, 2.45) is 0 Å². The molecule has 1 radical (unpaired) electrons. The molecule has 0 atom stereocenters. The lowest BCUT2D eigenvalue weighted by Crippen LogP contribution is -1.87. The third-order valence-corrected chi connectivity index (χ3v) is 2.58. The van der Waals surface area contributed by atoms with Gasteiger partial charge in [0.05, 0.1) is 12.1 Å². The molecule has 0 amide bonds. The van der Waals surface area contributed by atoms with Crippen LogP contribution in [0.15, 0.2) is 42.5 Å². The molecule has 0 aliphatic rings. The van der Waals surface area contributed by atoms with Gasteiger partial charge < -0.3 is 9.47 Å². The summed E-state index contributed by atoms with van der Waals surface area (Å²) in [5, 5.41) is 0.527. The third kappa shape index (κ3) is 2.92. The van der Waals surface area contributed by atoms with Crippen molar-refractivity contribution < 1.29 is 9.47 Å². The summed E-state index contributed by atoms with van der Waals surface area (Å²) in [5.41, 5.74) is 0.949. The van der Waals surface area contributed by atoms with E-state index in [1.165, 1.54) is 0 Å². The summed E-state index contributed by atoms with van der Waals surface area (Å²) in [4.78, 5) is 0. The van der Waals surface area contributed by atoms with E-state index in [2.05, 4.69) is 6.92 Å². The highest BCUT2D eigenvalue weighted by atomic mass is 35.5. The zero-order chi connectivity index (χ0) is 12.3. The summed E-state index contributed by atoms with van der Waals surface area (Å²) in [5.74, 6) is 2.05. The van der Waals surface area contributed by atoms with E-state index in [-0.39, 0.29) is 0 Å². The van der Waals surface area contributed by atoms with Gasteiger partial charge in [-0.15, -0.1) is 0 Å². The van der Waals surface area contributed by atoms with E-state index >= 15 is 0 Å². The van der Waals surface area contributed by atoms with Gasteiger partial charge in [-0.25, -0.2) is 0 Å². The Balaban J connectivity index is 2.19. The second kappa shape index (κ2) is 5.11. The molecule has 2 rings (SSSR count). The quantitative estimate of drug-likeness (QED) is 0.804. The second-order valence-corrected chi connectivity index (χ2v) is 3.95. The molecule has 0 aliphatic carbocycles. The first-order valence-corrected chi connectivity index (χ1v) is 5.50. The summed E-state index contributed by atoms with van der Waals surface area (Å²) in [6.07, 6.45) is 0. The maximum Gasteiger partial charge on any atom is 0.137 e. The van der Waals surface area contributed by atoms with Crippen molar-refractivity contribution in [2.45, 2.75) is 0 Å². The molecule has 2 nitrogen and oxygen atoms in total. The number of ether oxygens (including phenoxy) is 2. The SMILES string of the molecule is [CH2]c1ccc(Oc2ccc(OC)c(Cl)c2)cc1. The molecule has 0 aliphatic heterocycles. The Morgan fingerprint density at radius 1 is 1.00 bits per heavy atom. The Labute approximate surface area is 106 Å². The van der Waals surface area contributed by atoms with E-state index in [1.807, 2.05) is 30.3 Å². The minimum absolute atomic E-state index is 0.527. The van der Waals surface area contributed by atoms with Crippen molar-refractivity contribution in [3.05, 3.63) is 60.0 Å². The number of hydrogen-bond donors (Lipinski definition) is 0. The van der Waals surface area contributed by atoms with Gasteiger partial charge in [0.1, 0.15) is 17.2 Å². The summed E-state index contributed by atoms with van der Waals surface area (Å²) < 4.78 is 10.7. The van der Waals surface area contributed by atoms with Crippen LogP contribution in [0.2, 0.25) is 5.02 Å². The fourth-order valence-electron chi connectivity index (χ4n) is 1.40. The fourth-order valence-corrected chi connectivity index (χ4v) is 1.65. The Kier molecular flexibility index (Phi) is 3.55. The first-order chi connectivity index (χ1) is 8.19. The first kappa shape index (κ1) is 11.8. The van der Waals surface area contributed by atoms with Crippen LogP contribution in [0.25, 0.3) is 0 Å². The Hall–Kier alpha value is -1.67. The highest BCUT2D eigenvalue weighted by molar-refractivity contribution is 6.32. The van der Waals surface area contributed by atoms with Gasteiger partial charge in [-0.05, 0) is 36.8 Å². The molecule has 87 valence electrons. The molecule has 17 heavy (non-hydrogen) atoms. The molecule has 0 N–H and O–H groups in total. The molecule has 2 aromatic rings. The zero-order valence-electron chi connectivity index (χ0n) is 9.44. The average molecular weight is 248 g/mol. The topological polar surface area (TPSA) is 18.5 Å². The van der Waals surface area contributed by atoms with Crippen molar-refractivity contribution in [3.63, 3.8) is 0 Å². The van der Waals surface area contributed by atoms with Gasteiger partial charge in [-0.2, -0.15) is 0 Å². The Bertz CT molecular complexity index is 506. The van der Waals surface area contributed by atoms with Crippen molar-refractivity contribution >= 4 is 11.6 Å². The summed E-state index contributed by atoms with van der Waals surface area (Å²) in [6.45, 7) is 3.81. The lowest BCUT2D eigenvalue weighted by molar-refractivity contribution is 0.413. The minimum atomic E-state index is 0.527. The monoisotopic (exact) mass is 247 g/mol. The molecule has 0 unspecified atom stereocenters. The zero-order valence-corrected chi connectivity index (χ0v) is 10.2. The molecular formula is C14H12ClO2. The molecule has 0 fully saturated rings. The van der Waals surface area contributed by atoms with Crippen molar-refractivity contribution in [1.29, 1.82) is 0 Å². The number of halogens is 1. The van der Waals surface area contributed by atoms with Gasteiger partial charge in [0, 0.05) is 6.07 Å². The summed E-state index contributed by atoms with van der Waals surface area (Å²) in [6, 6.07) is 12.8. The molecule has 2 aromatic carbocycles. The van der Waals surface area contributed by atoms with Gasteiger partial charge in [0.2, 0.25) is 0 Å². The largest absolute Gasteiger partial charge is 0.495 e. The normalized spacial score (nSPS) is 10.1. The van der Waals surface area contributed by atoms with E-state index < -0.39 is 0 Å². The number of benzene rings is 2. The smallest absolute Gasteiger partial charge is 0.137 e. The standard InChI is InChI=1S/C14H12ClO2/c1-10-3-5-11(6-4-10)17-12-7-8-14(16-2)13(15)9-12/h3-9H,1H2,2H3. The molecule has 0 spiro atoms. The summed E-state index contributed by atoms with van der Waals surface area (Å²) >= 11 is 6.01. The maximum absolute atomic E-state index is 6.01. The van der Waals surface area contributed by atoms with Gasteiger partial charge in [0.25, 0.3) is 0 Å². The van der Waals surface area contributed by atoms with E-state index in [9.17, 15) is 0 Å². The first-order valence-electron chi connectivity index (χ1n) is 5.12. The van der Waals surface area contributed by atoms with Gasteiger partial charge in [0.15, 0.2) is 0 Å². The maximum atomic E-state index is 6.01. The number of rotatable bonds is 3. The number of hydrogen-bond acceptors (Lipinski definition) is 2. The van der Waals surface area contributed by atoms with Crippen molar-refractivity contribution in [2.75, 3.05) is 7.11 Å². The number of methoxy groups -OCH3 is 1. The van der Waals surface area contributed by atoms with Crippen molar-refractivity contribution in [1.82, 2.24) is 0 Å². The average Bonchev–Trinajstić information content (AvgIpc) is 2.32. The van der Waals surface area contributed by atoms with E-state index in [4.69, 9.17) is 21.1 Å². The molecule has 0 aromatic heterocycles. The summed E-state index contributed by atoms with van der Waals surface area (Å²) in [7, 11) is 1.58. The van der Waals surface area contributed by atoms with Crippen LogP contribution in [0.4, 0.5) is 0 Å². The molecule has 0 bridgehead atoms. The molecule has 0 saturated carbocycles.